The van der Waals surface area contributed by atoms with Crippen molar-refractivity contribution in [2.24, 2.45) is 0 Å². The van der Waals surface area contributed by atoms with Crippen molar-refractivity contribution >= 4 is 27.8 Å². The van der Waals surface area contributed by atoms with Crippen LogP contribution in [-0.4, -0.2) is 51.3 Å². The molecule has 4 aromatic heterocycles. The number of rotatable bonds is 3. The van der Waals surface area contributed by atoms with E-state index in [9.17, 15) is 0 Å². The van der Waals surface area contributed by atoms with Crippen LogP contribution in [0.25, 0.3) is 33.3 Å². The number of aromatic amines is 2. The van der Waals surface area contributed by atoms with Crippen molar-refractivity contribution in [1.29, 1.82) is 0 Å². The fourth-order valence-corrected chi connectivity index (χ4v) is 5.03. The van der Waals surface area contributed by atoms with Gasteiger partial charge in [-0.2, -0.15) is 5.10 Å². The summed E-state index contributed by atoms with van der Waals surface area (Å²) in [7, 11) is 0. The standard InChI is InChI=1S/C23H27N7/c1-2-10-30(11-3-1)23-17-13-20(27-19(17)6-9-25-23)21-18-12-16(14-26-22(18)29-28-21)15-4-7-24-8-5-15/h6,9,12-15,24,27H,1-5,7-8,10-11H2,(H,26,28,29). The second kappa shape index (κ2) is 7.40. The molecule has 6 heterocycles. The van der Waals surface area contributed by atoms with Crippen molar-refractivity contribution in [3.8, 4) is 11.4 Å². The van der Waals surface area contributed by atoms with Gasteiger partial charge in [0.1, 0.15) is 11.5 Å². The molecule has 4 aromatic rings. The third-order valence-corrected chi connectivity index (χ3v) is 6.69. The van der Waals surface area contributed by atoms with Gasteiger partial charge in [0.15, 0.2) is 5.65 Å². The molecule has 2 aliphatic rings. The zero-order valence-electron chi connectivity index (χ0n) is 17.1. The smallest absolute Gasteiger partial charge is 0.155 e. The lowest BCUT2D eigenvalue weighted by molar-refractivity contribution is 0.460. The fourth-order valence-electron chi connectivity index (χ4n) is 5.03. The lowest BCUT2D eigenvalue weighted by atomic mass is 9.91. The molecule has 0 bridgehead atoms. The molecule has 7 heteroatoms. The van der Waals surface area contributed by atoms with Gasteiger partial charge in [-0.25, -0.2) is 9.97 Å². The lowest BCUT2D eigenvalue weighted by Gasteiger charge is -2.28. The highest BCUT2D eigenvalue weighted by Gasteiger charge is 2.20. The third kappa shape index (κ3) is 3.04. The molecule has 0 saturated carbocycles. The summed E-state index contributed by atoms with van der Waals surface area (Å²) >= 11 is 0. The summed E-state index contributed by atoms with van der Waals surface area (Å²) < 4.78 is 0. The first kappa shape index (κ1) is 17.9. The molecule has 0 aliphatic carbocycles. The van der Waals surface area contributed by atoms with Crippen molar-refractivity contribution in [2.75, 3.05) is 31.1 Å². The molecule has 2 fully saturated rings. The maximum absolute atomic E-state index is 4.72. The maximum Gasteiger partial charge on any atom is 0.155 e. The van der Waals surface area contributed by atoms with Gasteiger partial charge < -0.3 is 15.2 Å². The van der Waals surface area contributed by atoms with E-state index < -0.39 is 0 Å². The van der Waals surface area contributed by atoms with Gasteiger partial charge in [-0.15, -0.1) is 0 Å². The Morgan fingerprint density at radius 3 is 2.70 bits per heavy atom. The summed E-state index contributed by atoms with van der Waals surface area (Å²) in [6.45, 7) is 4.33. The number of hydrogen-bond donors (Lipinski definition) is 3. The summed E-state index contributed by atoms with van der Waals surface area (Å²) in [5.74, 6) is 1.66. The average molecular weight is 402 g/mol. The van der Waals surface area contributed by atoms with E-state index in [1.54, 1.807) is 0 Å². The summed E-state index contributed by atoms with van der Waals surface area (Å²) in [6.07, 6.45) is 10.1. The molecule has 6 rings (SSSR count). The first-order valence-electron chi connectivity index (χ1n) is 11.1. The number of aromatic nitrogens is 5. The van der Waals surface area contributed by atoms with Crippen LogP contribution in [0.3, 0.4) is 0 Å². The van der Waals surface area contributed by atoms with E-state index in [2.05, 4.69) is 48.6 Å². The van der Waals surface area contributed by atoms with Crippen LogP contribution in [0.15, 0.2) is 30.6 Å². The Morgan fingerprint density at radius 2 is 1.83 bits per heavy atom. The molecular formula is C23H27N7. The Balaban J connectivity index is 1.42. The van der Waals surface area contributed by atoms with E-state index in [-0.39, 0.29) is 0 Å². The summed E-state index contributed by atoms with van der Waals surface area (Å²) in [6, 6.07) is 6.55. The topological polar surface area (TPSA) is 85.5 Å². The van der Waals surface area contributed by atoms with Gasteiger partial charge in [0.25, 0.3) is 0 Å². The van der Waals surface area contributed by atoms with Crippen LogP contribution in [0.4, 0.5) is 5.82 Å². The van der Waals surface area contributed by atoms with Gasteiger partial charge in [-0.05, 0) is 74.9 Å². The van der Waals surface area contributed by atoms with Gasteiger partial charge in [-0.1, -0.05) is 0 Å². The summed E-state index contributed by atoms with van der Waals surface area (Å²) in [5, 5.41) is 13.5. The van der Waals surface area contributed by atoms with Crippen LogP contribution < -0.4 is 10.2 Å². The number of hydrogen-bond acceptors (Lipinski definition) is 5. The largest absolute Gasteiger partial charge is 0.356 e. The maximum atomic E-state index is 4.72. The second-order valence-electron chi connectivity index (χ2n) is 8.59. The molecule has 30 heavy (non-hydrogen) atoms. The molecule has 154 valence electrons. The van der Waals surface area contributed by atoms with Crippen LogP contribution in [0.1, 0.15) is 43.6 Å². The van der Waals surface area contributed by atoms with Crippen molar-refractivity contribution in [3.05, 3.63) is 36.2 Å². The number of nitrogens with one attached hydrogen (secondary N) is 3. The van der Waals surface area contributed by atoms with Crippen LogP contribution in [0.2, 0.25) is 0 Å². The second-order valence-corrected chi connectivity index (χ2v) is 8.59. The highest BCUT2D eigenvalue weighted by Crippen LogP contribution is 2.34. The van der Waals surface area contributed by atoms with Crippen molar-refractivity contribution in [2.45, 2.75) is 38.0 Å². The number of anilines is 1. The first-order valence-corrected chi connectivity index (χ1v) is 11.1. The van der Waals surface area contributed by atoms with E-state index >= 15 is 0 Å². The van der Waals surface area contributed by atoms with Gasteiger partial charge in [0.05, 0.1) is 11.2 Å². The number of piperidine rings is 2. The average Bonchev–Trinajstić information content (AvgIpc) is 3.43. The normalized spacial score (nSPS) is 18.5. The van der Waals surface area contributed by atoms with Crippen molar-refractivity contribution in [3.63, 3.8) is 0 Å². The minimum Gasteiger partial charge on any atom is -0.356 e. The van der Waals surface area contributed by atoms with Crippen molar-refractivity contribution in [1.82, 2.24) is 30.5 Å². The number of pyridine rings is 2. The molecule has 0 unspecified atom stereocenters. The molecule has 0 atom stereocenters. The predicted molar refractivity (Wildman–Crippen MR) is 120 cm³/mol. The summed E-state index contributed by atoms with van der Waals surface area (Å²) in [4.78, 5) is 15.4. The molecule has 0 spiro atoms. The zero-order valence-corrected chi connectivity index (χ0v) is 17.1. The zero-order chi connectivity index (χ0) is 19.9. The van der Waals surface area contributed by atoms with Crippen LogP contribution in [0.5, 0.6) is 0 Å². The highest BCUT2D eigenvalue weighted by atomic mass is 15.2. The van der Waals surface area contributed by atoms with Gasteiger partial charge in [-0.3, -0.25) is 5.10 Å². The highest BCUT2D eigenvalue weighted by molar-refractivity contribution is 5.98. The lowest BCUT2D eigenvalue weighted by Crippen LogP contribution is -2.30. The van der Waals surface area contributed by atoms with E-state index in [0.29, 0.717) is 5.92 Å². The van der Waals surface area contributed by atoms with Gasteiger partial charge >= 0.3 is 0 Å². The minimum absolute atomic E-state index is 0.573. The van der Waals surface area contributed by atoms with Crippen LogP contribution >= 0.6 is 0 Å². The van der Waals surface area contributed by atoms with Gasteiger partial charge in [0, 0.05) is 36.3 Å². The third-order valence-electron chi connectivity index (χ3n) is 6.69. The van der Waals surface area contributed by atoms with E-state index in [0.717, 1.165) is 72.8 Å². The molecule has 7 nitrogen and oxygen atoms in total. The Bertz CT molecular complexity index is 1180. The number of nitrogens with zero attached hydrogens (tertiary/aromatic N) is 4. The molecular weight excluding hydrogens is 374 g/mol. The Morgan fingerprint density at radius 1 is 0.967 bits per heavy atom. The van der Waals surface area contributed by atoms with Crippen LogP contribution in [0, 0.1) is 0 Å². The molecule has 3 N–H and O–H groups in total. The fraction of sp³-hybridized carbons (Fsp3) is 0.435. The Kier molecular flexibility index (Phi) is 4.41. The Hall–Kier alpha value is -2.93. The first-order chi connectivity index (χ1) is 14.9. The predicted octanol–water partition coefficient (Wildman–Crippen LogP) is 3.96. The molecule has 0 amide bonds. The molecule has 0 aromatic carbocycles. The molecule has 2 aliphatic heterocycles. The van der Waals surface area contributed by atoms with Gasteiger partial charge in [0.2, 0.25) is 0 Å². The van der Waals surface area contributed by atoms with E-state index in [1.165, 1.54) is 30.2 Å². The summed E-state index contributed by atoms with van der Waals surface area (Å²) in [5.41, 5.74) is 5.23. The molecule has 2 saturated heterocycles. The monoisotopic (exact) mass is 401 g/mol. The van der Waals surface area contributed by atoms with E-state index in [4.69, 9.17) is 4.98 Å². The van der Waals surface area contributed by atoms with E-state index in [1.807, 2.05) is 12.4 Å². The minimum atomic E-state index is 0.573. The Labute approximate surface area is 175 Å². The quantitative estimate of drug-likeness (QED) is 0.484. The number of fused-ring (bicyclic) bond motifs is 2. The number of H-pyrrole nitrogens is 2. The van der Waals surface area contributed by atoms with Crippen molar-refractivity contribution < 1.29 is 0 Å². The van der Waals surface area contributed by atoms with Crippen LogP contribution in [-0.2, 0) is 0 Å². The SMILES string of the molecule is c1cc2[nH]c(-c3n[nH]c4ncc(C5CCNCC5)cc34)cc2c(N2CCCCC2)n1. The molecule has 0 radical (unpaired) electrons.